The van der Waals surface area contributed by atoms with E-state index in [1.54, 1.807) is 0 Å². The summed E-state index contributed by atoms with van der Waals surface area (Å²) in [5.41, 5.74) is 0. The zero-order chi connectivity index (χ0) is 16.3. The number of rotatable bonds is 18. The maximum absolute atomic E-state index is 8.78. The van der Waals surface area contributed by atoms with E-state index in [1.165, 1.54) is 103 Å². The molecule has 0 aromatic carbocycles. The Balaban J connectivity index is 3.66. The molecule has 2 nitrogen and oxygen atoms in total. The molecule has 0 fully saturated rings. The lowest BCUT2D eigenvalue weighted by atomic mass is 10.1. The molecule has 22 heavy (non-hydrogen) atoms. The van der Waals surface area contributed by atoms with Crippen LogP contribution in [0.3, 0.4) is 0 Å². The summed E-state index contributed by atoms with van der Waals surface area (Å²) >= 11 is 0. The van der Waals surface area contributed by atoms with Crippen molar-refractivity contribution in [2.24, 2.45) is 0 Å². The normalized spacial score (nSPS) is 11.5. The van der Waals surface area contributed by atoms with Crippen molar-refractivity contribution in [2.75, 3.05) is 26.2 Å². The van der Waals surface area contributed by atoms with Gasteiger partial charge in [0.15, 0.2) is 0 Å². The van der Waals surface area contributed by atoms with Crippen LogP contribution in [-0.2, 0) is 0 Å². The summed E-state index contributed by atoms with van der Waals surface area (Å²) < 4.78 is 0. The van der Waals surface area contributed by atoms with Gasteiger partial charge >= 0.3 is 0 Å². The Morgan fingerprint density at radius 1 is 0.500 bits per heavy atom. The third-order valence-corrected chi connectivity index (χ3v) is 4.54. The molecule has 0 aliphatic rings. The van der Waals surface area contributed by atoms with Crippen molar-refractivity contribution in [2.45, 2.75) is 104 Å². The first-order valence-electron chi connectivity index (χ1n) is 10.2. The van der Waals surface area contributed by atoms with Gasteiger partial charge in [0.25, 0.3) is 0 Å². The first-order valence-corrected chi connectivity index (χ1v) is 10.2. The SMILES string of the molecule is CCCCCCN(CCCCCC)CCCCCCCCO. The van der Waals surface area contributed by atoms with Crippen LogP contribution in [0.2, 0.25) is 0 Å². The van der Waals surface area contributed by atoms with Crippen molar-refractivity contribution < 1.29 is 5.11 Å². The van der Waals surface area contributed by atoms with Gasteiger partial charge in [-0.3, -0.25) is 0 Å². The lowest BCUT2D eigenvalue weighted by Crippen LogP contribution is -2.27. The highest BCUT2D eigenvalue weighted by atomic mass is 16.2. The predicted octanol–water partition coefficient (Wildman–Crippen LogP) is 5.78. The summed E-state index contributed by atoms with van der Waals surface area (Å²) in [5.74, 6) is 0. The Morgan fingerprint density at radius 2 is 0.864 bits per heavy atom. The largest absolute Gasteiger partial charge is 0.396 e. The standard InChI is InChI=1S/C20H43NO/c1-3-5-7-13-17-21(18-14-8-6-4-2)19-15-11-9-10-12-16-20-22/h22H,3-20H2,1-2H3. The van der Waals surface area contributed by atoms with Crippen LogP contribution in [-0.4, -0.2) is 36.2 Å². The molecular formula is C20H43NO. The zero-order valence-corrected chi connectivity index (χ0v) is 15.6. The van der Waals surface area contributed by atoms with Crippen molar-refractivity contribution >= 4 is 0 Å². The minimum Gasteiger partial charge on any atom is -0.396 e. The molecule has 0 aliphatic heterocycles. The van der Waals surface area contributed by atoms with E-state index in [9.17, 15) is 0 Å². The van der Waals surface area contributed by atoms with E-state index in [-0.39, 0.29) is 0 Å². The highest BCUT2D eigenvalue weighted by Crippen LogP contribution is 2.09. The molecule has 0 aromatic heterocycles. The number of hydrogen-bond acceptors (Lipinski definition) is 2. The number of nitrogens with zero attached hydrogens (tertiary/aromatic N) is 1. The molecule has 0 unspecified atom stereocenters. The lowest BCUT2D eigenvalue weighted by Gasteiger charge is -2.22. The Morgan fingerprint density at radius 3 is 1.27 bits per heavy atom. The van der Waals surface area contributed by atoms with Crippen LogP contribution in [0, 0.1) is 0 Å². The van der Waals surface area contributed by atoms with E-state index in [0.29, 0.717) is 6.61 Å². The van der Waals surface area contributed by atoms with Crippen LogP contribution in [0.15, 0.2) is 0 Å². The van der Waals surface area contributed by atoms with E-state index in [4.69, 9.17) is 5.11 Å². The quantitative estimate of drug-likeness (QED) is 0.324. The second-order valence-electron chi connectivity index (χ2n) is 6.81. The van der Waals surface area contributed by atoms with Crippen LogP contribution in [0.5, 0.6) is 0 Å². The Hall–Kier alpha value is -0.0800. The van der Waals surface area contributed by atoms with Crippen molar-refractivity contribution in [1.29, 1.82) is 0 Å². The summed E-state index contributed by atoms with van der Waals surface area (Å²) in [6.45, 7) is 8.88. The highest BCUT2D eigenvalue weighted by molar-refractivity contribution is 4.60. The van der Waals surface area contributed by atoms with Gasteiger partial charge in [0, 0.05) is 6.61 Å². The molecule has 134 valence electrons. The van der Waals surface area contributed by atoms with Gasteiger partial charge in [0.1, 0.15) is 0 Å². The highest BCUT2D eigenvalue weighted by Gasteiger charge is 2.04. The van der Waals surface area contributed by atoms with Crippen LogP contribution in [0.4, 0.5) is 0 Å². The van der Waals surface area contributed by atoms with Gasteiger partial charge in [-0.25, -0.2) is 0 Å². The number of hydrogen-bond donors (Lipinski definition) is 1. The molecule has 0 spiro atoms. The fourth-order valence-electron chi connectivity index (χ4n) is 3.01. The maximum Gasteiger partial charge on any atom is 0.0431 e. The second kappa shape index (κ2) is 19.0. The van der Waals surface area contributed by atoms with Crippen LogP contribution in [0.25, 0.3) is 0 Å². The number of aliphatic hydroxyl groups is 1. The summed E-state index contributed by atoms with van der Waals surface area (Å²) in [4.78, 5) is 2.72. The van der Waals surface area contributed by atoms with Gasteiger partial charge in [0.05, 0.1) is 0 Å². The van der Waals surface area contributed by atoms with Crippen LogP contribution < -0.4 is 0 Å². The van der Waals surface area contributed by atoms with E-state index >= 15 is 0 Å². The molecule has 0 atom stereocenters. The molecule has 0 radical (unpaired) electrons. The molecule has 0 saturated carbocycles. The summed E-state index contributed by atoms with van der Waals surface area (Å²) in [6.07, 6.45) is 18.6. The fourth-order valence-corrected chi connectivity index (χ4v) is 3.01. The van der Waals surface area contributed by atoms with Gasteiger partial charge in [-0.05, 0) is 45.3 Å². The Labute approximate surface area is 140 Å². The van der Waals surface area contributed by atoms with E-state index in [1.807, 2.05) is 0 Å². The molecule has 0 bridgehead atoms. The Bertz CT molecular complexity index is 184. The zero-order valence-electron chi connectivity index (χ0n) is 15.6. The van der Waals surface area contributed by atoms with Crippen molar-refractivity contribution in [3.05, 3.63) is 0 Å². The van der Waals surface area contributed by atoms with Gasteiger partial charge in [-0.2, -0.15) is 0 Å². The predicted molar refractivity (Wildman–Crippen MR) is 99.5 cm³/mol. The molecule has 2 heteroatoms. The average molecular weight is 314 g/mol. The molecule has 0 aliphatic carbocycles. The minimum absolute atomic E-state index is 0.364. The molecular weight excluding hydrogens is 270 g/mol. The maximum atomic E-state index is 8.78. The minimum atomic E-state index is 0.364. The fraction of sp³-hybridized carbons (Fsp3) is 1.00. The average Bonchev–Trinajstić information content (AvgIpc) is 2.53. The van der Waals surface area contributed by atoms with Crippen molar-refractivity contribution in [3.63, 3.8) is 0 Å². The molecule has 0 rings (SSSR count). The Kier molecular flexibility index (Phi) is 18.9. The number of aliphatic hydroxyl groups excluding tert-OH is 1. The van der Waals surface area contributed by atoms with Crippen LogP contribution in [0.1, 0.15) is 104 Å². The van der Waals surface area contributed by atoms with E-state index in [0.717, 1.165) is 6.42 Å². The van der Waals surface area contributed by atoms with Gasteiger partial charge < -0.3 is 10.0 Å². The molecule has 1 N–H and O–H groups in total. The number of unbranched alkanes of at least 4 members (excludes halogenated alkanes) is 11. The third kappa shape index (κ3) is 16.3. The molecule has 0 aromatic rings. The van der Waals surface area contributed by atoms with Crippen LogP contribution >= 0.6 is 0 Å². The second-order valence-corrected chi connectivity index (χ2v) is 6.81. The summed E-state index contributed by atoms with van der Waals surface area (Å²) in [6, 6.07) is 0. The van der Waals surface area contributed by atoms with Gasteiger partial charge in [0.2, 0.25) is 0 Å². The molecule has 0 heterocycles. The summed E-state index contributed by atoms with van der Waals surface area (Å²) in [5, 5.41) is 8.78. The summed E-state index contributed by atoms with van der Waals surface area (Å²) in [7, 11) is 0. The van der Waals surface area contributed by atoms with E-state index in [2.05, 4.69) is 18.7 Å². The van der Waals surface area contributed by atoms with Crippen molar-refractivity contribution in [3.8, 4) is 0 Å². The van der Waals surface area contributed by atoms with Gasteiger partial charge in [-0.1, -0.05) is 78.1 Å². The third-order valence-electron chi connectivity index (χ3n) is 4.54. The van der Waals surface area contributed by atoms with E-state index < -0.39 is 0 Å². The monoisotopic (exact) mass is 313 g/mol. The van der Waals surface area contributed by atoms with Gasteiger partial charge in [-0.15, -0.1) is 0 Å². The topological polar surface area (TPSA) is 23.5 Å². The first-order chi connectivity index (χ1) is 10.8. The molecule has 0 amide bonds. The van der Waals surface area contributed by atoms with Crippen molar-refractivity contribution in [1.82, 2.24) is 4.90 Å². The smallest absolute Gasteiger partial charge is 0.0431 e. The molecule has 0 saturated heterocycles. The lowest BCUT2D eigenvalue weighted by molar-refractivity contribution is 0.254. The first kappa shape index (κ1) is 21.9.